The van der Waals surface area contributed by atoms with Gasteiger partial charge < -0.3 is 10.1 Å². The van der Waals surface area contributed by atoms with Gasteiger partial charge in [0, 0.05) is 12.1 Å². The third kappa shape index (κ3) is 3.51. The Morgan fingerprint density at radius 2 is 1.86 bits per heavy atom. The van der Waals surface area contributed by atoms with Gasteiger partial charge in [-0.1, -0.05) is 18.2 Å². The van der Waals surface area contributed by atoms with E-state index in [4.69, 9.17) is 4.74 Å². The molecule has 5 nitrogen and oxygen atoms in total. The van der Waals surface area contributed by atoms with Crippen molar-refractivity contribution in [2.75, 3.05) is 12.4 Å². The van der Waals surface area contributed by atoms with Gasteiger partial charge in [0.25, 0.3) is 5.69 Å². The first-order valence-electron chi connectivity index (χ1n) is 6.67. The largest absolute Gasteiger partial charge is 0.497 e. The van der Waals surface area contributed by atoms with Crippen LogP contribution < -0.4 is 10.1 Å². The van der Waals surface area contributed by atoms with Crippen LogP contribution in [0.25, 0.3) is 0 Å². The highest BCUT2D eigenvalue weighted by atomic mass is 16.6. The van der Waals surface area contributed by atoms with Gasteiger partial charge in [-0.2, -0.15) is 0 Å². The number of anilines is 1. The lowest BCUT2D eigenvalue weighted by molar-refractivity contribution is -0.384. The zero-order valence-corrected chi connectivity index (χ0v) is 12.3. The highest BCUT2D eigenvalue weighted by Crippen LogP contribution is 2.29. The van der Waals surface area contributed by atoms with E-state index in [0.717, 1.165) is 16.9 Å². The molecular formula is C16H18N2O3. The van der Waals surface area contributed by atoms with Gasteiger partial charge >= 0.3 is 0 Å². The molecule has 0 spiro atoms. The number of nitrogens with one attached hydrogen (secondary N) is 1. The van der Waals surface area contributed by atoms with Crippen LogP contribution in [0.1, 0.15) is 24.1 Å². The van der Waals surface area contributed by atoms with Crippen molar-refractivity contribution in [3.8, 4) is 5.75 Å². The minimum absolute atomic E-state index is 0.0442. The minimum atomic E-state index is -0.365. The molecule has 0 aliphatic rings. The molecule has 2 aromatic carbocycles. The lowest BCUT2D eigenvalue weighted by atomic mass is 10.1. The van der Waals surface area contributed by atoms with E-state index >= 15 is 0 Å². The molecule has 0 radical (unpaired) electrons. The van der Waals surface area contributed by atoms with E-state index in [1.54, 1.807) is 19.2 Å². The molecule has 0 saturated carbocycles. The first-order chi connectivity index (χ1) is 10.0. The Labute approximate surface area is 123 Å². The Balaban J connectivity index is 2.22. The van der Waals surface area contributed by atoms with Gasteiger partial charge in [0.2, 0.25) is 0 Å². The molecule has 1 atom stereocenters. The van der Waals surface area contributed by atoms with Crippen LogP contribution in [0.4, 0.5) is 11.4 Å². The molecule has 0 aliphatic heterocycles. The average molecular weight is 286 g/mol. The lowest BCUT2D eigenvalue weighted by Crippen LogP contribution is -2.08. The average Bonchev–Trinajstić information content (AvgIpc) is 2.49. The van der Waals surface area contributed by atoms with Crippen LogP contribution in [-0.2, 0) is 0 Å². The maximum atomic E-state index is 11.1. The number of hydrogen-bond donors (Lipinski definition) is 1. The predicted octanol–water partition coefficient (Wildman–Crippen LogP) is 4.08. The third-order valence-electron chi connectivity index (χ3n) is 3.34. The van der Waals surface area contributed by atoms with E-state index in [-0.39, 0.29) is 16.7 Å². The number of nitro benzene ring substituents is 1. The van der Waals surface area contributed by atoms with Gasteiger partial charge in [-0.05, 0) is 43.2 Å². The monoisotopic (exact) mass is 286 g/mol. The molecule has 5 heteroatoms. The second-order valence-corrected chi connectivity index (χ2v) is 4.92. The number of nitro groups is 1. The SMILES string of the molecule is COc1ccc(C(C)Nc2ccc(C)cc2[N+](=O)[O-])cc1. The van der Waals surface area contributed by atoms with Crippen molar-refractivity contribution in [1.82, 2.24) is 0 Å². The van der Waals surface area contributed by atoms with Crippen LogP contribution in [0.3, 0.4) is 0 Å². The molecule has 110 valence electrons. The fourth-order valence-corrected chi connectivity index (χ4v) is 2.12. The van der Waals surface area contributed by atoms with Gasteiger partial charge in [-0.15, -0.1) is 0 Å². The van der Waals surface area contributed by atoms with E-state index in [1.165, 1.54) is 0 Å². The summed E-state index contributed by atoms with van der Waals surface area (Å²) in [6.07, 6.45) is 0. The van der Waals surface area contributed by atoms with Crippen LogP contribution in [0.15, 0.2) is 42.5 Å². The first kappa shape index (κ1) is 14.8. The molecule has 0 aromatic heterocycles. The number of aryl methyl sites for hydroxylation is 1. The summed E-state index contributed by atoms with van der Waals surface area (Å²) in [6, 6.07) is 12.8. The molecule has 0 amide bonds. The highest BCUT2D eigenvalue weighted by Gasteiger charge is 2.16. The van der Waals surface area contributed by atoms with Crippen molar-refractivity contribution >= 4 is 11.4 Å². The molecular weight excluding hydrogens is 268 g/mol. The number of methoxy groups -OCH3 is 1. The maximum Gasteiger partial charge on any atom is 0.292 e. The van der Waals surface area contributed by atoms with Gasteiger partial charge in [-0.25, -0.2) is 0 Å². The fourth-order valence-electron chi connectivity index (χ4n) is 2.12. The molecule has 0 bridgehead atoms. The maximum absolute atomic E-state index is 11.1. The molecule has 0 heterocycles. The van der Waals surface area contributed by atoms with E-state index < -0.39 is 0 Å². The summed E-state index contributed by atoms with van der Waals surface area (Å²) < 4.78 is 5.12. The normalized spacial score (nSPS) is 11.8. The van der Waals surface area contributed by atoms with Crippen molar-refractivity contribution < 1.29 is 9.66 Å². The summed E-state index contributed by atoms with van der Waals surface area (Å²) in [5.41, 5.74) is 2.51. The topological polar surface area (TPSA) is 64.4 Å². The van der Waals surface area contributed by atoms with Gasteiger partial charge in [0.1, 0.15) is 11.4 Å². The van der Waals surface area contributed by atoms with Crippen molar-refractivity contribution in [2.45, 2.75) is 19.9 Å². The van der Waals surface area contributed by atoms with Crippen molar-refractivity contribution in [2.24, 2.45) is 0 Å². The van der Waals surface area contributed by atoms with E-state index in [9.17, 15) is 10.1 Å². The highest BCUT2D eigenvalue weighted by molar-refractivity contribution is 5.63. The number of ether oxygens (including phenoxy) is 1. The molecule has 2 aromatic rings. The number of nitrogens with zero attached hydrogens (tertiary/aromatic N) is 1. The third-order valence-corrected chi connectivity index (χ3v) is 3.34. The molecule has 0 fully saturated rings. The standard InChI is InChI=1S/C16H18N2O3/c1-11-4-9-15(16(10-11)18(19)20)17-12(2)13-5-7-14(21-3)8-6-13/h4-10,12,17H,1-3H3. The van der Waals surface area contributed by atoms with E-state index in [0.29, 0.717) is 5.69 Å². The molecule has 0 aliphatic carbocycles. The Morgan fingerprint density at radius 3 is 2.43 bits per heavy atom. The molecule has 21 heavy (non-hydrogen) atoms. The van der Waals surface area contributed by atoms with Crippen molar-refractivity contribution in [1.29, 1.82) is 0 Å². The number of hydrogen-bond acceptors (Lipinski definition) is 4. The summed E-state index contributed by atoms with van der Waals surface area (Å²) in [5.74, 6) is 0.785. The zero-order chi connectivity index (χ0) is 15.4. The van der Waals surface area contributed by atoms with Gasteiger partial charge in [0.05, 0.1) is 12.0 Å². The predicted molar refractivity (Wildman–Crippen MR) is 82.9 cm³/mol. The minimum Gasteiger partial charge on any atom is -0.497 e. The van der Waals surface area contributed by atoms with Crippen LogP contribution in [-0.4, -0.2) is 12.0 Å². The summed E-state index contributed by atoms with van der Waals surface area (Å²) in [6.45, 7) is 3.80. The summed E-state index contributed by atoms with van der Waals surface area (Å²) in [7, 11) is 1.62. The quantitative estimate of drug-likeness (QED) is 0.664. The summed E-state index contributed by atoms with van der Waals surface area (Å²) in [4.78, 5) is 10.8. The summed E-state index contributed by atoms with van der Waals surface area (Å²) >= 11 is 0. The van der Waals surface area contributed by atoms with Crippen LogP contribution >= 0.6 is 0 Å². The van der Waals surface area contributed by atoms with Gasteiger partial charge in [0.15, 0.2) is 0 Å². The Hall–Kier alpha value is -2.56. The van der Waals surface area contributed by atoms with Crippen LogP contribution in [0, 0.1) is 17.0 Å². The first-order valence-corrected chi connectivity index (χ1v) is 6.67. The smallest absolute Gasteiger partial charge is 0.292 e. The van der Waals surface area contributed by atoms with Gasteiger partial charge in [-0.3, -0.25) is 10.1 Å². The molecule has 2 rings (SSSR count). The lowest BCUT2D eigenvalue weighted by Gasteiger charge is -2.16. The van der Waals surface area contributed by atoms with Crippen LogP contribution in [0.2, 0.25) is 0 Å². The van der Waals surface area contributed by atoms with Crippen molar-refractivity contribution in [3.05, 3.63) is 63.7 Å². The fraction of sp³-hybridized carbons (Fsp3) is 0.250. The second-order valence-electron chi connectivity index (χ2n) is 4.92. The number of benzene rings is 2. The molecule has 1 unspecified atom stereocenters. The second kappa shape index (κ2) is 6.26. The Kier molecular flexibility index (Phi) is 4.42. The zero-order valence-electron chi connectivity index (χ0n) is 12.3. The van der Waals surface area contributed by atoms with Crippen LogP contribution in [0.5, 0.6) is 5.75 Å². The molecule has 1 N–H and O–H groups in total. The summed E-state index contributed by atoms with van der Waals surface area (Å²) in [5, 5.41) is 14.3. The molecule has 0 saturated heterocycles. The Morgan fingerprint density at radius 1 is 1.19 bits per heavy atom. The van der Waals surface area contributed by atoms with E-state index in [1.807, 2.05) is 44.2 Å². The Bertz CT molecular complexity index is 638. The van der Waals surface area contributed by atoms with E-state index in [2.05, 4.69) is 5.32 Å². The number of rotatable bonds is 5. The van der Waals surface area contributed by atoms with Crippen molar-refractivity contribution in [3.63, 3.8) is 0 Å².